The van der Waals surface area contributed by atoms with E-state index in [2.05, 4.69) is 65.4 Å². The predicted molar refractivity (Wildman–Crippen MR) is 346 cm³/mol. The minimum Gasteiger partial charge on any atom is -0.481 e. The van der Waals surface area contributed by atoms with Gasteiger partial charge in [-0.25, -0.2) is 0 Å². The maximum atomic E-state index is 15.0. The van der Waals surface area contributed by atoms with Crippen LogP contribution in [0.4, 0.5) is 0 Å². The van der Waals surface area contributed by atoms with Gasteiger partial charge in [0.1, 0.15) is 54.4 Å². The van der Waals surface area contributed by atoms with Crippen LogP contribution in [-0.4, -0.2) is 231 Å². The number of carboxylic acid groups (broad SMARTS) is 3. The number of carboxylic acids is 3. The molecule has 97 heavy (non-hydrogen) atoms. The number of carbonyl (C=O) groups excluding carboxylic acids is 13. The molecule has 0 aromatic heterocycles. The number of nitrogens with two attached hydrogens (primary N) is 1. The molecule has 0 radical (unpaired) electrons. The Labute approximate surface area is 564 Å². The lowest BCUT2D eigenvalue weighted by Gasteiger charge is -2.37. The molecule has 3 rings (SSSR count). The van der Waals surface area contributed by atoms with Crippen LogP contribution in [0.3, 0.4) is 0 Å². The number of hydrogen-bond acceptors (Lipinski definition) is 18. The largest absolute Gasteiger partial charge is 0.481 e. The lowest BCUT2D eigenvalue weighted by atomic mass is 9.96. The first kappa shape index (κ1) is 82.7. The SMILES string of the molecule is CCCCCCCCCCCCCCC(=O)N[C@@H](CCCCN)C(=O)N[C@@H](CC(=O)O)C(=O)N[C@H]1CNC(=O)[C@@H]2CCCN2C(=O)[C@H]([C@@H](C)CC)NC(=O)[C@H]([C@@H](C)O)NC(=O)CNC(=O)[C@H](CC(=O)O)NC(=O)CNC(=O)[C@H](CC(=O)O)NC(=O)CNC(=O)[C@@H]2CCCCN2C1=O. The number of nitrogens with one attached hydrogen (secondary N) is 11. The Morgan fingerprint density at radius 1 is 0.526 bits per heavy atom. The Morgan fingerprint density at radius 2 is 1.02 bits per heavy atom. The van der Waals surface area contributed by atoms with E-state index in [0.29, 0.717) is 25.7 Å². The molecule has 0 aromatic rings. The zero-order chi connectivity index (χ0) is 72.1. The van der Waals surface area contributed by atoms with Crippen molar-refractivity contribution in [3.05, 3.63) is 0 Å². The van der Waals surface area contributed by atoms with Gasteiger partial charge in [0, 0.05) is 26.1 Å². The van der Waals surface area contributed by atoms with Gasteiger partial charge in [0.25, 0.3) is 0 Å². The number of hydrogen-bond donors (Lipinski definition) is 16. The number of rotatable bonds is 31. The fourth-order valence-corrected chi connectivity index (χ4v) is 11.4. The first-order valence-corrected chi connectivity index (χ1v) is 34.0. The number of aliphatic carboxylic acids is 3. The summed E-state index contributed by atoms with van der Waals surface area (Å²) in [4.78, 5) is 218. The van der Waals surface area contributed by atoms with Crippen LogP contribution in [0.25, 0.3) is 0 Å². The molecule has 3 aliphatic rings. The minimum atomic E-state index is -1.93. The molecule has 3 fully saturated rings. The molecule has 0 aliphatic carbocycles. The number of amides is 13. The van der Waals surface area contributed by atoms with Crippen LogP contribution in [-0.2, 0) is 76.7 Å². The van der Waals surface area contributed by atoms with E-state index < -0.39 is 207 Å². The van der Waals surface area contributed by atoms with Crippen molar-refractivity contribution in [1.29, 1.82) is 0 Å². The minimum absolute atomic E-state index is 0.0253. The van der Waals surface area contributed by atoms with Crippen LogP contribution in [0.15, 0.2) is 0 Å². The molecule has 546 valence electrons. The quantitative estimate of drug-likeness (QED) is 0.0314. The average molecular weight is 1380 g/mol. The molecular weight excluding hydrogens is 1270 g/mol. The van der Waals surface area contributed by atoms with E-state index in [1.165, 1.54) is 38.5 Å². The third-order valence-corrected chi connectivity index (χ3v) is 17.1. The zero-order valence-corrected chi connectivity index (χ0v) is 56.3. The van der Waals surface area contributed by atoms with Crippen molar-refractivity contribution in [1.82, 2.24) is 68.3 Å². The molecule has 34 nitrogen and oxygen atoms in total. The number of aliphatic hydroxyl groups is 1. The highest BCUT2D eigenvalue weighted by atomic mass is 16.4. The molecule has 11 atom stereocenters. The number of unbranched alkanes of at least 4 members (excludes halogenated alkanes) is 12. The summed E-state index contributed by atoms with van der Waals surface area (Å²) in [5.74, 6) is -18.9. The monoisotopic (exact) mass is 1380 g/mol. The van der Waals surface area contributed by atoms with E-state index in [0.717, 1.165) is 48.8 Å². The fourth-order valence-electron chi connectivity index (χ4n) is 11.4. The summed E-state index contributed by atoms with van der Waals surface area (Å²) in [5, 5.41) is 65.6. The highest BCUT2D eigenvalue weighted by molar-refractivity contribution is 6.00. The number of piperidine rings is 1. The van der Waals surface area contributed by atoms with Gasteiger partial charge in [0.05, 0.1) is 45.0 Å². The summed E-state index contributed by atoms with van der Waals surface area (Å²) in [6.07, 6.45) is 9.90. The van der Waals surface area contributed by atoms with Crippen molar-refractivity contribution >= 4 is 94.7 Å². The van der Waals surface area contributed by atoms with Gasteiger partial charge >= 0.3 is 17.9 Å². The molecule has 17 N–H and O–H groups in total. The van der Waals surface area contributed by atoms with E-state index in [4.69, 9.17) is 5.73 Å². The summed E-state index contributed by atoms with van der Waals surface area (Å²) in [7, 11) is 0. The van der Waals surface area contributed by atoms with Crippen molar-refractivity contribution in [2.75, 3.05) is 45.8 Å². The maximum absolute atomic E-state index is 15.0. The highest BCUT2D eigenvalue weighted by Crippen LogP contribution is 2.23. The van der Waals surface area contributed by atoms with Gasteiger partial charge in [0.2, 0.25) is 76.8 Å². The normalized spacial score (nSPS) is 23.1. The van der Waals surface area contributed by atoms with E-state index in [-0.39, 0.29) is 64.6 Å². The summed E-state index contributed by atoms with van der Waals surface area (Å²) < 4.78 is 0. The molecule has 3 aliphatic heterocycles. The van der Waals surface area contributed by atoms with Gasteiger partial charge in [-0.15, -0.1) is 0 Å². The average Bonchev–Trinajstić information content (AvgIpc) is 1.81. The fraction of sp³-hybridized carbons (Fsp3) is 0.746. The lowest BCUT2D eigenvalue weighted by molar-refractivity contribution is -0.146. The molecule has 0 bridgehead atoms. The molecule has 0 aromatic carbocycles. The van der Waals surface area contributed by atoms with E-state index >= 15 is 4.79 Å². The number of carbonyl (C=O) groups is 16. The van der Waals surface area contributed by atoms with E-state index in [1.807, 2.05) is 0 Å². The zero-order valence-electron chi connectivity index (χ0n) is 56.3. The number of nitrogens with zero attached hydrogens (tertiary/aromatic N) is 2. The van der Waals surface area contributed by atoms with Crippen LogP contribution < -0.4 is 64.2 Å². The summed E-state index contributed by atoms with van der Waals surface area (Å²) in [6.45, 7) is 2.89. The summed E-state index contributed by atoms with van der Waals surface area (Å²) >= 11 is 0. The standard InChI is InChI=1S/C63H104N14O20/c1-5-7-8-9-10-11-12-13-14-15-16-17-26-46(79)69-39(23-18-20-27-64)57(91)72-42(32-52(87)88)58(92)73-43-33-65-59(93)45-25-22-29-77(45)63(97)53(37(3)6-2)75-61(95)54(38(4)78)74-49(82)36-67-56(90)41(31-51(85)86)70-47(80)34-66-55(89)40(30-50(83)84)71-48(81)35-68-60(94)44-24-19-21-28-76(44)62(43)96/h37-45,53-54,78H,5-36,64H2,1-4H3,(H,65,93)(H,66,89)(H,67,90)(H,68,94)(H,69,79)(H,70,80)(H,71,81)(H,72,91)(H,73,92)(H,74,82)(H,75,95)(H,83,84)(H,85,86)(H,87,88)/t37-,38+,39-,40-,41-,42-,43-,44-,45-,53-,54-/m0/s1. The third kappa shape index (κ3) is 30.2. The van der Waals surface area contributed by atoms with Crippen molar-refractivity contribution < 1.29 is 97.1 Å². The molecular formula is C63H104N14O20. The number of aliphatic hydroxyl groups excluding tert-OH is 1. The van der Waals surface area contributed by atoms with Crippen molar-refractivity contribution in [3.63, 3.8) is 0 Å². The van der Waals surface area contributed by atoms with Gasteiger partial charge in [-0.2, -0.15) is 0 Å². The maximum Gasteiger partial charge on any atom is 0.305 e. The molecule has 0 spiro atoms. The molecule has 34 heteroatoms. The van der Waals surface area contributed by atoms with Crippen LogP contribution >= 0.6 is 0 Å². The van der Waals surface area contributed by atoms with Crippen molar-refractivity contribution in [2.45, 2.75) is 249 Å². The molecule has 0 unspecified atom stereocenters. The van der Waals surface area contributed by atoms with Crippen LogP contribution in [0.1, 0.15) is 188 Å². The Balaban J connectivity index is 2.04. The van der Waals surface area contributed by atoms with Crippen LogP contribution in [0.2, 0.25) is 0 Å². The van der Waals surface area contributed by atoms with Gasteiger partial charge in [0.15, 0.2) is 0 Å². The van der Waals surface area contributed by atoms with Crippen molar-refractivity contribution in [3.8, 4) is 0 Å². The molecule has 13 amide bonds. The smallest absolute Gasteiger partial charge is 0.305 e. The predicted octanol–water partition coefficient (Wildman–Crippen LogP) is -2.70. The van der Waals surface area contributed by atoms with E-state index in [1.54, 1.807) is 13.8 Å². The second-order valence-corrected chi connectivity index (χ2v) is 25.0. The van der Waals surface area contributed by atoms with Gasteiger partial charge in [-0.3, -0.25) is 76.7 Å². The topological polar surface area (TPSA) is 519 Å². The third-order valence-electron chi connectivity index (χ3n) is 17.1. The summed E-state index contributed by atoms with van der Waals surface area (Å²) in [6, 6.07) is -14.8. The van der Waals surface area contributed by atoms with Crippen LogP contribution in [0.5, 0.6) is 0 Å². The molecule has 3 saturated heterocycles. The number of fused-ring (bicyclic) bond motifs is 2. The van der Waals surface area contributed by atoms with Crippen LogP contribution in [0, 0.1) is 5.92 Å². The lowest BCUT2D eigenvalue weighted by Crippen LogP contribution is -2.63. The first-order valence-electron chi connectivity index (χ1n) is 34.0. The highest BCUT2D eigenvalue weighted by Gasteiger charge is 2.43. The van der Waals surface area contributed by atoms with E-state index in [9.17, 15) is 92.3 Å². The Morgan fingerprint density at radius 3 is 1.54 bits per heavy atom. The Hall–Kier alpha value is -8.56. The van der Waals surface area contributed by atoms with Gasteiger partial charge in [-0.1, -0.05) is 97.8 Å². The second kappa shape index (κ2) is 44.3. The van der Waals surface area contributed by atoms with Gasteiger partial charge < -0.3 is 94.4 Å². The van der Waals surface area contributed by atoms with Gasteiger partial charge in [-0.05, 0) is 77.2 Å². The molecule has 3 heterocycles. The first-order chi connectivity index (χ1) is 46.1. The summed E-state index contributed by atoms with van der Waals surface area (Å²) in [5.41, 5.74) is 5.74. The molecule has 0 saturated carbocycles. The Bertz CT molecular complexity index is 2720. The Kier molecular flexibility index (Phi) is 37.8. The van der Waals surface area contributed by atoms with Crippen molar-refractivity contribution in [2.24, 2.45) is 11.7 Å². The second-order valence-electron chi connectivity index (χ2n) is 25.0.